The van der Waals surface area contributed by atoms with Crippen molar-refractivity contribution in [1.29, 1.82) is 0 Å². The zero-order chi connectivity index (χ0) is 46.3. The predicted octanol–water partition coefficient (Wildman–Crippen LogP) is 8.06. The van der Waals surface area contributed by atoms with E-state index in [0.717, 1.165) is 67.7 Å². The number of amides is 1. The molecule has 1 amide bonds. The first-order valence-corrected chi connectivity index (χ1v) is 24.7. The molecule has 5 aliphatic rings. The fourth-order valence-electron chi connectivity index (χ4n) is 10.1. The lowest BCUT2D eigenvalue weighted by Gasteiger charge is -2.47. The Morgan fingerprint density at radius 2 is 1.79 bits per heavy atom. The topological polar surface area (TPSA) is 185 Å². The largest absolute Gasteiger partial charge is 0.476 e. The molecule has 2 aromatic heterocycles. The Bertz CT molecular complexity index is 2840. The summed E-state index contributed by atoms with van der Waals surface area (Å²) >= 11 is 6.30. The lowest BCUT2D eigenvalue weighted by molar-refractivity contribution is -0.384. The van der Waals surface area contributed by atoms with Crippen molar-refractivity contribution < 1.29 is 36.7 Å². The van der Waals surface area contributed by atoms with Gasteiger partial charge in [0.05, 0.1) is 53.6 Å². The molecule has 10 rings (SSSR count). The number of sulfonamides is 1. The smallest absolute Gasteiger partial charge is 0.296 e. The summed E-state index contributed by atoms with van der Waals surface area (Å²) in [5.74, 6) is -1.84. The third-order valence-corrected chi connectivity index (χ3v) is 15.5. The van der Waals surface area contributed by atoms with Crippen LogP contribution in [-0.4, -0.2) is 112 Å². The molecule has 16 nitrogen and oxygen atoms in total. The molecule has 5 heterocycles. The number of fused-ring (bicyclic) bond motifs is 2. The van der Waals surface area contributed by atoms with Crippen LogP contribution in [0, 0.1) is 21.3 Å². The highest BCUT2D eigenvalue weighted by atomic mass is 35.5. The maximum atomic E-state index is 15.6. The Morgan fingerprint density at radius 1 is 0.970 bits per heavy atom. The van der Waals surface area contributed by atoms with E-state index >= 15 is 4.39 Å². The number of aromatic amines is 1. The number of nitro benzene ring substituents is 1. The number of piperazine rings is 1. The standard InChI is InChI=1S/C48H52ClFN8O8S/c49-34-5-3-31(4-6-34)39-27-48(11-1-12-48)13-9-33(39)29-55-16-18-56(19-17-55)35-7-8-38(41(24-35)57-15-2-20-66-47-43(57)23-32-10-14-51-45(32)53-47)46(59)54-67(62,63)37-25-40(50)44(42(26-37)58(60)61)52-28-36-30-64-21-22-65-36/h3-8,10,14,23-26,36,52H,1-2,9,11-13,15-22,27-30H2,(H,51,53)(H,54,59)/t36-/m1/s1. The molecule has 2 aliphatic carbocycles. The number of H-pyrrole nitrogens is 1. The summed E-state index contributed by atoms with van der Waals surface area (Å²) in [5, 5.41) is 16.4. The minimum Gasteiger partial charge on any atom is -0.476 e. The number of allylic oxidation sites excluding steroid dienone is 1. The third-order valence-electron chi connectivity index (χ3n) is 13.9. The summed E-state index contributed by atoms with van der Waals surface area (Å²) < 4.78 is 62.6. The van der Waals surface area contributed by atoms with Gasteiger partial charge < -0.3 is 34.3 Å². The van der Waals surface area contributed by atoms with Crippen molar-refractivity contribution in [3.8, 4) is 5.88 Å². The molecule has 3 fully saturated rings. The summed E-state index contributed by atoms with van der Waals surface area (Å²) in [7, 11) is -4.85. The van der Waals surface area contributed by atoms with Crippen LogP contribution in [0.25, 0.3) is 16.6 Å². The number of ether oxygens (including phenoxy) is 3. The maximum Gasteiger partial charge on any atom is 0.296 e. The SMILES string of the molecule is O=C(NS(=O)(=O)c1cc(F)c(NC[C@@H]2COCCO2)c([N+](=O)[O-])c1)c1ccc(N2CCN(CC3=C(c4ccc(Cl)cc4)CC4(CCC4)CC3)CC2)cc1N1CCCOc2nc3[nH]ccc3cc21. The van der Waals surface area contributed by atoms with Crippen LogP contribution in [0.15, 0.2) is 83.4 Å². The van der Waals surface area contributed by atoms with Crippen LogP contribution in [-0.2, 0) is 19.5 Å². The highest BCUT2D eigenvalue weighted by Crippen LogP contribution is 2.55. The van der Waals surface area contributed by atoms with Crippen molar-refractivity contribution >= 4 is 72.6 Å². The van der Waals surface area contributed by atoms with Gasteiger partial charge in [-0.3, -0.25) is 19.8 Å². The molecule has 3 aromatic carbocycles. The average Bonchev–Trinajstić information content (AvgIpc) is 3.68. The van der Waals surface area contributed by atoms with Crippen LogP contribution in [0.1, 0.15) is 60.9 Å². The lowest BCUT2D eigenvalue weighted by Crippen LogP contribution is -2.47. The van der Waals surface area contributed by atoms with Crippen molar-refractivity contribution in [3.05, 3.63) is 111 Å². The van der Waals surface area contributed by atoms with E-state index in [-0.39, 0.29) is 18.7 Å². The number of anilines is 4. The lowest BCUT2D eigenvalue weighted by atomic mass is 9.59. The van der Waals surface area contributed by atoms with Crippen molar-refractivity contribution in [2.75, 3.05) is 87.4 Å². The Balaban J connectivity index is 0.925. The van der Waals surface area contributed by atoms with E-state index in [0.29, 0.717) is 67.2 Å². The van der Waals surface area contributed by atoms with Gasteiger partial charge in [-0.05, 0) is 104 Å². The van der Waals surface area contributed by atoms with Gasteiger partial charge in [0.15, 0.2) is 5.82 Å². The normalized spacial score (nSPS) is 19.9. The van der Waals surface area contributed by atoms with Crippen LogP contribution >= 0.6 is 11.6 Å². The maximum absolute atomic E-state index is 15.6. The van der Waals surface area contributed by atoms with Gasteiger partial charge in [0.2, 0.25) is 5.88 Å². The van der Waals surface area contributed by atoms with Gasteiger partial charge in [-0.15, -0.1) is 0 Å². The number of carbonyl (C=O) groups is 1. The van der Waals surface area contributed by atoms with E-state index in [9.17, 15) is 23.3 Å². The Labute approximate surface area is 392 Å². The van der Waals surface area contributed by atoms with Crippen molar-refractivity contribution in [2.24, 2.45) is 5.41 Å². The zero-order valence-electron chi connectivity index (χ0n) is 36.9. The first kappa shape index (κ1) is 45.0. The molecule has 67 heavy (non-hydrogen) atoms. The number of nitro groups is 1. The van der Waals surface area contributed by atoms with Gasteiger partial charge >= 0.3 is 0 Å². The molecular weight excluding hydrogens is 903 g/mol. The number of halogens is 2. The van der Waals surface area contributed by atoms with Gasteiger partial charge in [0, 0.05) is 74.2 Å². The predicted molar refractivity (Wildman–Crippen MR) is 254 cm³/mol. The number of pyridine rings is 1. The van der Waals surface area contributed by atoms with Gasteiger partial charge in [0.1, 0.15) is 17.0 Å². The quantitative estimate of drug-likeness (QED) is 0.0807. The molecular formula is C48H52ClFN8O8S. The van der Waals surface area contributed by atoms with E-state index in [2.05, 4.69) is 37.0 Å². The molecule has 1 atom stereocenters. The molecule has 5 aromatic rings. The molecule has 2 saturated heterocycles. The molecule has 0 radical (unpaired) electrons. The van der Waals surface area contributed by atoms with Crippen LogP contribution in [0.4, 0.5) is 32.8 Å². The first-order valence-electron chi connectivity index (χ1n) is 22.9. The molecule has 352 valence electrons. The molecule has 0 bridgehead atoms. The highest BCUT2D eigenvalue weighted by molar-refractivity contribution is 7.90. The number of hydrogen-bond acceptors (Lipinski definition) is 13. The van der Waals surface area contributed by atoms with Crippen LogP contribution < -0.4 is 24.6 Å². The summed E-state index contributed by atoms with van der Waals surface area (Å²) in [6.45, 7) is 5.61. The zero-order valence-corrected chi connectivity index (χ0v) is 38.5. The minimum absolute atomic E-state index is 0.0131. The number of nitrogens with one attached hydrogen (secondary N) is 3. The third kappa shape index (κ3) is 9.41. The number of nitrogens with zero attached hydrogens (tertiary/aromatic N) is 5. The Kier molecular flexibility index (Phi) is 12.6. The van der Waals surface area contributed by atoms with Crippen molar-refractivity contribution in [3.63, 3.8) is 0 Å². The summed E-state index contributed by atoms with van der Waals surface area (Å²) in [4.78, 5) is 39.4. The molecule has 3 aliphatic heterocycles. The number of rotatable bonds is 12. The number of aromatic nitrogens is 2. The molecule has 19 heteroatoms. The monoisotopic (exact) mass is 954 g/mol. The van der Waals surface area contributed by atoms with E-state index in [4.69, 9.17) is 30.8 Å². The minimum atomic E-state index is -4.85. The van der Waals surface area contributed by atoms with E-state index < -0.39 is 49.0 Å². The second-order valence-corrected chi connectivity index (χ2v) is 20.2. The molecule has 0 unspecified atom stereocenters. The fraction of sp³-hybridized carbons (Fsp3) is 0.417. The highest BCUT2D eigenvalue weighted by Gasteiger charge is 2.41. The number of benzene rings is 3. The average molecular weight is 956 g/mol. The second kappa shape index (κ2) is 18.7. The summed E-state index contributed by atoms with van der Waals surface area (Å²) in [5.41, 5.74) is 5.80. The van der Waals surface area contributed by atoms with Gasteiger partial charge in [-0.1, -0.05) is 35.7 Å². The fourth-order valence-corrected chi connectivity index (χ4v) is 11.2. The second-order valence-electron chi connectivity index (χ2n) is 18.1. The number of carbonyl (C=O) groups excluding carboxylic acids is 1. The Morgan fingerprint density at radius 3 is 2.54 bits per heavy atom. The number of hydrogen-bond donors (Lipinski definition) is 3. The van der Waals surface area contributed by atoms with E-state index in [1.54, 1.807) is 18.3 Å². The van der Waals surface area contributed by atoms with Crippen LogP contribution in [0.5, 0.6) is 5.88 Å². The van der Waals surface area contributed by atoms with Crippen molar-refractivity contribution in [1.82, 2.24) is 19.6 Å². The van der Waals surface area contributed by atoms with E-state index in [1.165, 1.54) is 42.4 Å². The molecule has 1 spiro atoms. The van der Waals surface area contributed by atoms with Crippen LogP contribution in [0.2, 0.25) is 5.02 Å². The van der Waals surface area contributed by atoms with Gasteiger partial charge in [-0.2, -0.15) is 4.98 Å². The Hall–Kier alpha value is -5.79. The summed E-state index contributed by atoms with van der Waals surface area (Å²) in [6, 6.07) is 18.7. The van der Waals surface area contributed by atoms with Gasteiger partial charge in [0.25, 0.3) is 21.6 Å². The summed E-state index contributed by atoms with van der Waals surface area (Å²) in [6.07, 6.45) is 9.16. The first-order chi connectivity index (χ1) is 32.4. The molecule has 1 saturated carbocycles. The van der Waals surface area contributed by atoms with Crippen LogP contribution in [0.3, 0.4) is 0 Å². The van der Waals surface area contributed by atoms with Crippen molar-refractivity contribution in [2.45, 2.75) is 55.9 Å². The molecule has 3 N–H and O–H groups in total. The van der Waals surface area contributed by atoms with E-state index in [1.807, 2.05) is 35.2 Å². The van der Waals surface area contributed by atoms with Gasteiger partial charge in [-0.25, -0.2) is 17.5 Å².